The number of nitrogens with one attached hydrogen (secondary N) is 2. The highest BCUT2D eigenvalue weighted by Gasteiger charge is 2.23. The fourth-order valence-electron chi connectivity index (χ4n) is 1.45. The first-order valence-corrected chi connectivity index (χ1v) is 6.58. The molecule has 0 radical (unpaired) electrons. The zero-order valence-electron chi connectivity index (χ0n) is 12.5. The van der Waals surface area contributed by atoms with E-state index in [0.717, 1.165) is 0 Å². The van der Waals surface area contributed by atoms with Crippen LogP contribution in [0.2, 0.25) is 0 Å². The summed E-state index contributed by atoms with van der Waals surface area (Å²) in [6.45, 7) is 7.03. The van der Waals surface area contributed by atoms with Gasteiger partial charge in [-0.2, -0.15) is 0 Å². The molecule has 1 atom stereocenters. The molecule has 0 fully saturated rings. The van der Waals surface area contributed by atoms with E-state index in [1.165, 1.54) is 6.92 Å². The lowest BCUT2D eigenvalue weighted by molar-refractivity contribution is -0.139. The number of carbonyl (C=O) groups is 3. The first-order chi connectivity index (χ1) is 9.11. The quantitative estimate of drug-likeness (QED) is 0.612. The molecule has 116 valence electrons. The van der Waals surface area contributed by atoms with Crippen molar-refractivity contribution in [1.82, 2.24) is 10.6 Å². The molecule has 0 aliphatic heterocycles. The van der Waals surface area contributed by atoms with E-state index in [0.29, 0.717) is 19.4 Å². The normalized spacial score (nSPS) is 12.4. The number of aliphatic carboxylic acids is 1. The number of carbonyl (C=O) groups excluding carboxylic acids is 2. The van der Waals surface area contributed by atoms with Crippen molar-refractivity contribution in [3.63, 3.8) is 0 Å². The zero-order valence-corrected chi connectivity index (χ0v) is 12.5. The predicted octanol–water partition coefficient (Wildman–Crippen LogP) is 1.27. The van der Waals surface area contributed by atoms with Crippen molar-refractivity contribution < 1.29 is 24.2 Å². The third-order valence-electron chi connectivity index (χ3n) is 2.28. The van der Waals surface area contributed by atoms with Crippen molar-refractivity contribution in [3.8, 4) is 0 Å². The molecule has 1 unspecified atom stereocenters. The molecule has 0 aromatic carbocycles. The molecule has 7 heteroatoms. The second kappa shape index (κ2) is 8.39. The maximum absolute atomic E-state index is 11.5. The van der Waals surface area contributed by atoms with Crippen molar-refractivity contribution in [1.29, 1.82) is 0 Å². The van der Waals surface area contributed by atoms with E-state index in [4.69, 9.17) is 9.84 Å². The lowest BCUT2D eigenvalue weighted by Gasteiger charge is -2.22. The Morgan fingerprint density at radius 1 is 1.20 bits per heavy atom. The van der Waals surface area contributed by atoms with Crippen molar-refractivity contribution in [2.75, 3.05) is 6.54 Å². The van der Waals surface area contributed by atoms with Gasteiger partial charge >= 0.3 is 12.1 Å². The van der Waals surface area contributed by atoms with Crippen molar-refractivity contribution >= 4 is 18.0 Å². The standard InChI is InChI=1S/C13H24N2O5/c1-9(16)14-8-6-5-7-10(11(17)18)15-12(19)20-13(2,3)4/h10H,5-8H2,1-4H3,(H,14,16)(H,15,19)(H,17,18). The van der Waals surface area contributed by atoms with Crippen LogP contribution in [-0.4, -0.2) is 41.3 Å². The monoisotopic (exact) mass is 288 g/mol. The first-order valence-electron chi connectivity index (χ1n) is 6.58. The van der Waals surface area contributed by atoms with Crippen molar-refractivity contribution in [3.05, 3.63) is 0 Å². The molecule has 3 N–H and O–H groups in total. The van der Waals surface area contributed by atoms with Crippen LogP contribution in [0, 0.1) is 0 Å². The van der Waals surface area contributed by atoms with Gasteiger partial charge in [0.2, 0.25) is 5.91 Å². The van der Waals surface area contributed by atoms with Crippen LogP contribution in [0.5, 0.6) is 0 Å². The van der Waals surface area contributed by atoms with E-state index < -0.39 is 23.7 Å². The van der Waals surface area contributed by atoms with Crippen molar-refractivity contribution in [2.24, 2.45) is 0 Å². The van der Waals surface area contributed by atoms with Crippen LogP contribution in [0.3, 0.4) is 0 Å². The summed E-state index contributed by atoms with van der Waals surface area (Å²) in [4.78, 5) is 33.2. The van der Waals surface area contributed by atoms with Crippen LogP contribution >= 0.6 is 0 Å². The van der Waals surface area contributed by atoms with Crippen molar-refractivity contribution in [2.45, 2.75) is 58.6 Å². The maximum atomic E-state index is 11.5. The number of ether oxygens (including phenoxy) is 1. The highest BCUT2D eigenvalue weighted by Crippen LogP contribution is 2.08. The summed E-state index contributed by atoms with van der Waals surface area (Å²) in [7, 11) is 0. The Morgan fingerprint density at radius 2 is 1.80 bits per heavy atom. The molecular weight excluding hydrogens is 264 g/mol. The topological polar surface area (TPSA) is 105 Å². The first kappa shape index (κ1) is 18.2. The number of carboxylic acid groups (broad SMARTS) is 1. The maximum Gasteiger partial charge on any atom is 0.408 e. The van der Waals surface area contributed by atoms with Gasteiger partial charge in [0.15, 0.2) is 0 Å². The lowest BCUT2D eigenvalue weighted by atomic mass is 10.1. The molecule has 0 aliphatic rings. The summed E-state index contributed by atoms with van der Waals surface area (Å²) in [5.74, 6) is -1.22. The van der Waals surface area contributed by atoms with Gasteiger partial charge < -0.3 is 20.5 Å². The summed E-state index contributed by atoms with van der Waals surface area (Å²) >= 11 is 0. The minimum absolute atomic E-state index is 0.119. The van der Waals surface area contributed by atoms with Crippen LogP contribution in [0.15, 0.2) is 0 Å². The Morgan fingerprint density at radius 3 is 2.25 bits per heavy atom. The number of unbranched alkanes of at least 4 members (excludes halogenated alkanes) is 1. The van der Waals surface area contributed by atoms with Gasteiger partial charge in [0.1, 0.15) is 11.6 Å². The molecule has 7 nitrogen and oxygen atoms in total. The van der Waals surface area contributed by atoms with Gasteiger partial charge in [0.05, 0.1) is 0 Å². The Balaban J connectivity index is 4.08. The summed E-state index contributed by atoms with van der Waals surface area (Å²) in [5, 5.41) is 14.0. The molecule has 0 saturated heterocycles. The molecule has 2 amide bonds. The summed E-state index contributed by atoms with van der Waals surface area (Å²) in [5.41, 5.74) is -0.668. The SMILES string of the molecule is CC(=O)NCCCCC(NC(=O)OC(C)(C)C)C(=O)O. The minimum atomic E-state index is -1.10. The van der Waals surface area contributed by atoms with E-state index >= 15 is 0 Å². The summed E-state index contributed by atoms with van der Waals surface area (Å²) in [6.07, 6.45) is 0.771. The van der Waals surface area contributed by atoms with Gasteiger partial charge in [-0.05, 0) is 40.0 Å². The smallest absolute Gasteiger partial charge is 0.408 e. The highest BCUT2D eigenvalue weighted by molar-refractivity contribution is 5.79. The van der Waals surface area contributed by atoms with Gasteiger partial charge in [-0.1, -0.05) is 0 Å². The third kappa shape index (κ3) is 10.2. The second-order valence-electron chi connectivity index (χ2n) is 5.52. The molecule has 0 bridgehead atoms. The predicted molar refractivity (Wildman–Crippen MR) is 73.3 cm³/mol. The molecule has 0 heterocycles. The van der Waals surface area contributed by atoms with E-state index in [2.05, 4.69) is 10.6 Å². The number of rotatable bonds is 7. The number of hydrogen-bond donors (Lipinski definition) is 3. The average molecular weight is 288 g/mol. The molecular formula is C13H24N2O5. The Hall–Kier alpha value is -1.79. The summed E-state index contributed by atoms with van der Waals surface area (Å²) < 4.78 is 5.01. The molecule has 20 heavy (non-hydrogen) atoms. The van der Waals surface area contributed by atoms with Crippen LogP contribution < -0.4 is 10.6 Å². The van der Waals surface area contributed by atoms with Gasteiger partial charge in [-0.25, -0.2) is 9.59 Å². The number of alkyl carbamates (subject to hydrolysis) is 1. The average Bonchev–Trinajstić information content (AvgIpc) is 2.23. The molecule has 0 aromatic heterocycles. The van der Waals surface area contributed by atoms with Crippen LogP contribution in [0.25, 0.3) is 0 Å². The lowest BCUT2D eigenvalue weighted by Crippen LogP contribution is -2.43. The number of carboxylic acids is 1. The summed E-state index contributed by atoms with van der Waals surface area (Å²) in [6, 6.07) is -0.984. The fraction of sp³-hybridized carbons (Fsp3) is 0.769. The molecule has 0 aliphatic carbocycles. The Kier molecular flexibility index (Phi) is 7.64. The molecule has 0 rings (SSSR count). The number of amides is 2. The van der Waals surface area contributed by atoms with Gasteiger partial charge in [0.25, 0.3) is 0 Å². The highest BCUT2D eigenvalue weighted by atomic mass is 16.6. The Bertz CT molecular complexity index is 349. The zero-order chi connectivity index (χ0) is 15.8. The van der Waals surface area contributed by atoms with E-state index in [1.54, 1.807) is 20.8 Å². The number of hydrogen-bond acceptors (Lipinski definition) is 4. The third-order valence-corrected chi connectivity index (χ3v) is 2.28. The minimum Gasteiger partial charge on any atom is -0.480 e. The van der Waals surface area contributed by atoms with Crippen LogP contribution in [0.1, 0.15) is 47.0 Å². The fourth-order valence-corrected chi connectivity index (χ4v) is 1.45. The van der Waals surface area contributed by atoms with Gasteiger partial charge in [-0.15, -0.1) is 0 Å². The molecule has 0 aromatic rings. The Labute approximate surface area is 119 Å². The largest absolute Gasteiger partial charge is 0.480 e. The van der Waals surface area contributed by atoms with E-state index in [1.807, 2.05) is 0 Å². The van der Waals surface area contributed by atoms with Gasteiger partial charge in [0, 0.05) is 13.5 Å². The molecule has 0 saturated carbocycles. The van der Waals surface area contributed by atoms with Gasteiger partial charge in [-0.3, -0.25) is 4.79 Å². The van der Waals surface area contributed by atoms with Crippen LogP contribution in [0.4, 0.5) is 4.79 Å². The molecule has 0 spiro atoms. The second-order valence-corrected chi connectivity index (χ2v) is 5.52. The van der Waals surface area contributed by atoms with E-state index in [9.17, 15) is 14.4 Å². The van der Waals surface area contributed by atoms with Crippen LogP contribution in [-0.2, 0) is 14.3 Å². The van der Waals surface area contributed by atoms with E-state index in [-0.39, 0.29) is 12.3 Å².